The predicted molar refractivity (Wildman–Crippen MR) is 233 cm³/mol. The Bertz CT molecular complexity index is 2840. The molecule has 0 aliphatic heterocycles. The molecular weight excluding hydrogens is 691 g/mol. The van der Waals surface area contributed by atoms with Gasteiger partial charge in [-0.3, -0.25) is 0 Å². The average Bonchev–Trinajstić information content (AvgIpc) is 3.77. The van der Waals surface area contributed by atoms with Gasteiger partial charge >= 0.3 is 0 Å². The second-order valence-corrected chi connectivity index (χ2v) is 15.4. The fourth-order valence-corrected chi connectivity index (χ4v) is 9.59. The number of fused-ring (bicyclic) bond motifs is 7. The van der Waals surface area contributed by atoms with Crippen molar-refractivity contribution < 1.29 is 8.83 Å². The molecule has 10 rings (SSSR count). The number of para-hydroxylation sites is 3. The fourth-order valence-electron chi connectivity index (χ4n) is 8.36. The van der Waals surface area contributed by atoms with Crippen LogP contribution in [0.1, 0.15) is 56.5 Å². The van der Waals surface area contributed by atoms with E-state index in [-0.39, 0.29) is 5.92 Å². The van der Waals surface area contributed by atoms with Gasteiger partial charge < -0.3 is 13.7 Å². The van der Waals surface area contributed by atoms with Crippen LogP contribution in [0.25, 0.3) is 62.3 Å². The maximum Gasteiger partial charge on any atom is 0.143 e. The first-order chi connectivity index (χ1) is 27.2. The van der Waals surface area contributed by atoms with E-state index in [9.17, 15) is 0 Å². The Morgan fingerprint density at radius 2 is 1.47 bits per heavy atom. The highest BCUT2D eigenvalue weighted by molar-refractivity contribution is 7.13. The van der Waals surface area contributed by atoms with Gasteiger partial charge in [-0.2, -0.15) is 0 Å². The Kier molecular flexibility index (Phi) is 8.54. The van der Waals surface area contributed by atoms with Gasteiger partial charge in [-0.1, -0.05) is 134 Å². The molecule has 0 amide bonds. The summed E-state index contributed by atoms with van der Waals surface area (Å²) < 4.78 is 13.0. The Morgan fingerprint density at radius 1 is 0.727 bits per heavy atom. The van der Waals surface area contributed by atoms with Gasteiger partial charge in [0.05, 0.1) is 6.54 Å². The van der Waals surface area contributed by atoms with E-state index < -0.39 is 0 Å². The minimum Gasteiger partial charge on any atom is -0.460 e. The number of furan rings is 2. The molecule has 1 atom stereocenters. The standard InChI is InChI=1S/C51H39NO2S/c1-2-3-14-43-42-18-5-4-6-24-48(42)55-49(43)33-52(37-31-27-35(28-32-37)39-20-13-21-45-41-17-10-12-23-47(41)54-51(39)45)36-29-25-34(26-30-36)38-15-7-8-19-44-40-16-9-11-22-46(40)53-50(38)44/h2-6,8-14,16-17,19-32,38H,1,7,15,18,33H2/b14-3-. The quantitative estimate of drug-likeness (QED) is 0.146. The van der Waals surface area contributed by atoms with Gasteiger partial charge in [0.2, 0.25) is 0 Å². The van der Waals surface area contributed by atoms with E-state index in [1.54, 1.807) is 0 Å². The molecule has 0 spiro atoms. The third kappa shape index (κ3) is 6.00. The molecule has 0 radical (unpaired) electrons. The van der Waals surface area contributed by atoms with Crippen molar-refractivity contribution in [1.82, 2.24) is 0 Å². The highest BCUT2D eigenvalue weighted by atomic mass is 32.1. The van der Waals surface area contributed by atoms with Crippen LogP contribution in [0.15, 0.2) is 167 Å². The van der Waals surface area contributed by atoms with Gasteiger partial charge in [0, 0.05) is 54.3 Å². The molecule has 3 nitrogen and oxygen atoms in total. The van der Waals surface area contributed by atoms with E-state index >= 15 is 0 Å². The zero-order valence-electron chi connectivity index (χ0n) is 30.5. The second kappa shape index (κ2) is 14.1. The molecule has 0 bridgehead atoms. The summed E-state index contributed by atoms with van der Waals surface area (Å²) in [5, 5.41) is 3.47. The molecule has 0 saturated carbocycles. The third-order valence-corrected chi connectivity index (χ3v) is 12.3. The molecule has 2 aliphatic carbocycles. The van der Waals surface area contributed by atoms with E-state index in [1.165, 1.54) is 37.4 Å². The van der Waals surface area contributed by atoms with Gasteiger partial charge in [-0.25, -0.2) is 0 Å². The Balaban J connectivity index is 1.05. The Labute approximate surface area is 325 Å². The lowest BCUT2D eigenvalue weighted by Crippen LogP contribution is -2.16. The van der Waals surface area contributed by atoms with Gasteiger partial charge in [0.15, 0.2) is 0 Å². The summed E-state index contributed by atoms with van der Waals surface area (Å²) in [6, 6.07) is 41.3. The number of thiophene rings is 1. The summed E-state index contributed by atoms with van der Waals surface area (Å²) in [6.45, 7) is 4.71. The van der Waals surface area contributed by atoms with E-state index in [2.05, 4.69) is 163 Å². The SMILES string of the molecule is C=C/C=C\c1c(CN(c2ccc(-c3cccc4c3oc3ccccc34)cc2)c2ccc(C3CCC=Cc4c3oc3ccccc43)cc2)sc2c1CC=CC=C2. The molecule has 0 fully saturated rings. The lowest BCUT2D eigenvalue weighted by Gasteiger charge is -2.26. The van der Waals surface area contributed by atoms with Gasteiger partial charge in [-0.05, 0) is 84.0 Å². The summed E-state index contributed by atoms with van der Waals surface area (Å²) in [5.74, 6) is 1.25. The summed E-state index contributed by atoms with van der Waals surface area (Å²) in [5.41, 5.74) is 12.4. The normalized spacial score (nSPS) is 15.1. The van der Waals surface area contributed by atoms with Gasteiger partial charge in [0.25, 0.3) is 0 Å². The van der Waals surface area contributed by atoms with Crippen molar-refractivity contribution in [3.8, 4) is 11.1 Å². The van der Waals surface area contributed by atoms with Crippen LogP contribution in [-0.2, 0) is 13.0 Å². The highest BCUT2D eigenvalue weighted by Gasteiger charge is 2.25. The molecule has 0 N–H and O–H groups in total. The maximum atomic E-state index is 6.56. The van der Waals surface area contributed by atoms with Crippen LogP contribution in [-0.4, -0.2) is 0 Å². The molecule has 4 heteroatoms. The lowest BCUT2D eigenvalue weighted by molar-refractivity contribution is 0.507. The molecule has 0 saturated heterocycles. The van der Waals surface area contributed by atoms with Crippen LogP contribution in [0.4, 0.5) is 11.4 Å². The first-order valence-electron chi connectivity index (χ1n) is 19.1. The second-order valence-electron chi connectivity index (χ2n) is 14.3. The van der Waals surface area contributed by atoms with Gasteiger partial charge in [-0.15, -0.1) is 11.3 Å². The average molecular weight is 730 g/mol. The van der Waals surface area contributed by atoms with Crippen LogP contribution in [0.2, 0.25) is 0 Å². The minimum atomic E-state index is 0.184. The Morgan fingerprint density at radius 3 is 2.29 bits per heavy atom. The molecule has 1 unspecified atom stereocenters. The number of hydrogen-bond donors (Lipinski definition) is 0. The predicted octanol–water partition coefficient (Wildman–Crippen LogP) is 14.7. The van der Waals surface area contributed by atoms with E-state index in [1.807, 2.05) is 29.5 Å². The van der Waals surface area contributed by atoms with Crippen LogP contribution in [0.5, 0.6) is 0 Å². The zero-order chi connectivity index (χ0) is 36.7. The number of allylic oxidation sites excluding steroid dienone is 6. The molecule has 8 aromatic rings. The number of nitrogens with zero attached hydrogens (tertiary/aromatic N) is 1. The first kappa shape index (κ1) is 33.2. The molecule has 5 aromatic carbocycles. The smallest absolute Gasteiger partial charge is 0.143 e. The Hall–Kier alpha value is -6.36. The summed E-state index contributed by atoms with van der Waals surface area (Å²) in [7, 11) is 0. The maximum absolute atomic E-state index is 6.56. The summed E-state index contributed by atoms with van der Waals surface area (Å²) in [6.07, 6.45) is 22.4. The summed E-state index contributed by atoms with van der Waals surface area (Å²) >= 11 is 1.88. The number of anilines is 2. The molecule has 266 valence electrons. The highest BCUT2D eigenvalue weighted by Crippen LogP contribution is 2.43. The molecule has 3 aromatic heterocycles. The number of rotatable bonds is 8. The van der Waals surface area contributed by atoms with Crippen molar-refractivity contribution >= 4 is 73.8 Å². The monoisotopic (exact) mass is 729 g/mol. The number of hydrogen-bond acceptors (Lipinski definition) is 4. The topological polar surface area (TPSA) is 29.5 Å². The fraction of sp³-hybridized carbons (Fsp3) is 0.0980. The van der Waals surface area contributed by atoms with E-state index in [0.717, 1.165) is 81.6 Å². The summed E-state index contributed by atoms with van der Waals surface area (Å²) in [4.78, 5) is 5.09. The van der Waals surface area contributed by atoms with Crippen LogP contribution >= 0.6 is 11.3 Å². The van der Waals surface area contributed by atoms with Crippen molar-refractivity contribution in [3.63, 3.8) is 0 Å². The minimum absolute atomic E-state index is 0.184. The first-order valence-corrected chi connectivity index (χ1v) is 19.9. The van der Waals surface area contributed by atoms with E-state index in [0.29, 0.717) is 0 Å². The van der Waals surface area contributed by atoms with Crippen LogP contribution in [0.3, 0.4) is 0 Å². The van der Waals surface area contributed by atoms with Crippen molar-refractivity contribution in [2.24, 2.45) is 0 Å². The van der Waals surface area contributed by atoms with E-state index in [4.69, 9.17) is 8.83 Å². The van der Waals surface area contributed by atoms with Crippen LogP contribution < -0.4 is 4.90 Å². The molecule has 2 aliphatic rings. The molecule has 3 heterocycles. The van der Waals surface area contributed by atoms with Crippen molar-refractivity contribution in [2.45, 2.75) is 31.7 Å². The van der Waals surface area contributed by atoms with Gasteiger partial charge in [0.1, 0.15) is 22.5 Å². The zero-order valence-corrected chi connectivity index (χ0v) is 31.3. The van der Waals surface area contributed by atoms with Crippen LogP contribution in [0, 0.1) is 0 Å². The van der Waals surface area contributed by atoms with Crippen molar-refractivity contribution in [1.29, 1.82) is 0 Å². The van der Waals surface area contributed by atoms with Crippen molar-refractivity contribution in [2.75, 3.05) is 4.90 Å². The third-order valence-electron chi connectivity index (χ3n) is 11.1. The van der Waals surface area contributed by atoms with Crippen molar-refractivity contribution in [3.05, 3.63) is 196 Å². The molecular formula is C51H39NO2S. The lowest BCUT2D eigenvalue weighted by atomic mass is 9.91. The molecule has 55 heavy (non-hydrogen) atoms. The largest absolute Gasteiger partial charge is 0.460 e. The number of benzene rings is 5.